The van der Waals surface area contributed by atoms with E-state index in [0.717, 1.165) is 25.7 Å². The van der Waals surface area contributed by atoms with Gasteiger partial charge in [-0.05, 0) is 25.2 Å². The molecule has 0 aliphatic heterocycles. The Bertz CT molecular complexity index is 431. The fourth-order valence-electron chi connectivity index (χ4n) is 3.15. The highest BCUT2D eigenvalue weighted by Gasteiger charge is 2.35. The van der Waals surface area contributed by atoms with Crippen molar-refractivity contribution >= 4 is 11.8 Å². The molecule has 1 saturated carbocycles. The SMILES string of the molecule is C=CC[C@H](CC(=O)NC1(CO)CCCC1)C(=O)N[C@H](CO)C(C)C. The summed E-state index contributed by atoms with van der Waals surface area (Å²) >= 11 is 0. The molecule has 0 aromatic carbocycles. The number of carbonyl (C=O) groups excluding carboxylic acids is 2. The van der Waals surface area contributed by atoms with Gasteiger partial charge >= 0.3 is 0 Å². The van der Waals surface area contributed by atoms with E-state index in [1.54, 1.807) is 6.08 Å². The van der Waals surface area contributed by atoms with Gasteiger partial charge in [-0.25, -0.2) is 0 Å². The Balaban J connectivity index is 2.65. The molecule has 6 nitrogen and oxygen atoms in total. The topological polar surface area (TPSA) is 98.7 Å². The number of allylic oxidation sites excluding steroid dienone is 1. The molecular weight excluding hydrogens is 308 g/mol. The van der Waals surface area contributed by atoms with E-state index in [1.807, 2.05) is 13.8 Å². The first-order chi connectivity index (χ1) is 11.4. The molecule has 0 radical (unpaired) electrons. The predicted octanol–water partition coefficient (Wildman–Crippen LogP) is 1.12. The Hall–Kier alpha value is -1.40. The third-order valence-electron chi connectivity index (χ3n) is 4.85. The van der Waals surface area contributed by atoms with Crippen molar-refractivity contribution in [2.24, 2.45) is 11.8 Å². The molecule has 0 aromatic heterocycles. The predicted molar refractivity (Wildman–Crippen MR) is 93.2 cm³/mol. The largest absolute Gasteiger partial charge is 0.394 e. The molecular formula is C18H32N2O4. The van der Waals surface area contributed by atoms with Gasteiger partial charge < -0.3 is 20.8 Å². The summed E-state index contributed by atoms with van der Waals surface area (Å²) in [6.45, 7) is 7.29. The minimum atomic E-state index is -0.530. The van der Waals surface area contributed by atoms with Crippen LogP contribution >= 0.6 is 0 Å². The third-order valence-corrected chi connectivity index (χ3v) is 4.85. The average Bonchev–Trinajstić information content (AvgIpc) is 3.00. The molecule has 138 valence electrons. The van der Waals surface area contributed by atoms with Gasteiger partial charge in [-0.2, -0.15) is 0 Å². The van der Waals surface area contributed by atoms with Crippen LogP contribution in [0.3, 0.4) is 0 Å². The highest BCUT2D eigenvalue weighted by molar-refractivity contribution is 5.86. The zero-order chi connectivity index (χ0) is 18.2. The number of amides is 2. The van der Waals surface area contributed by atoms with Crippen LogP contribution < -0.4 is 10.6 Å². The number of nitrogens with one attached hydrogen (secondary N) is 2. The van der Waals surface area contributed by atoms with Crippen molar-refractivity contribution < 1.29 is 19.8 Å². The fourth-order valence-corrected chi connectivity index (χ4v) is 3.15. The number of carbonyl (C=O) groups is 2. The maximum absolute atomic E-state index is 12.4. The minimum absolute atomic E-state index is 0.0514. The summed E-state index contributed by atoms with van der Waals surface area (Å²) in [6, 6.07) is -0.327. The second-order valence-electron chi connectivity index (χ2n) is 7.16. The quantitative estimate of drug-likeness (QED) is 0.448. The Morgan fingerprint density at radius 1 is 1.25 bits per heavy atom. The smallest absolute Gasteiger partial charge is 0.224 e. The van der Waals surface area contributed by atoms with Gasteiger partial charge in [0.05, 0.1) is 30.7 Å². The molecule has 0 unspecified atom stereocenters. The lowest BCUT2D eigenvalue weighted by molar-refractivity contribution is -0.132. The minimum Gasteiger partial charge on any atom is -0.394 e. The Morgan fingerprint density at radius 2 is 1.88 bits per heavy atom. The average molecular weight is 340 g/mol. The zero-order valence-corrected chi connectivity index (χ0v) is 14.9. The molecule has 1 aliphatic carbocycles. The number of aliphatic hydroxyl groups excluding tert-OH is 2. The van der Waals surface area contributed by atoms with Gasteiger partial charge in [-0.3, -0.25) is 9.59 Å². The second-order valence-corrected chi connectivity index (χ2v) is 7.16. The summed E-state index contributed by atoms with van der Waals surface area (Å²) in [5.41, 5.74) is -0.530. The van der Waals surface area contributed by atoms with E-state index >= 15 is 0 Å². The van der Waals surface area contributed by atoms with Crippen molar-refractivity contribution in [3.05, 3.63) is 12.7 Å². The lowest BCUT2D eigenvalue weighted by Crippen LogP contribution is -2.50. The van der Waals surface area contributed by atoms with Crippen molar-refractivity contribution in [3.63, 3.8) is 0 Å². The van der Waals surface area contributed by atoms with E-state index in [4.69, 9.17) is 0 Å². The fraction of sp³-hybridized carbons (Fsp3) is 0.778. The summed E-state index contributed by atoms with van der Waals surface area (Å²) in [5.74, 6) is -0.888. The molecule has 0 saturated heterocycles. The van der Waals surface area contributed by atoms with E-state index < -0.39 is 11.5 Å². The molecule has 0 spiro atoms. The number of hydrogen-bond donors (Lipinski definition) is 4. The standard InChI is InChI=1S/C18H32N2O4/c1-4-7-14(17(24)19-15(11-21)13(2)3)10-16(23)20-18(12-22)8-5-6-9-18/h4,13-15,21-22H,1,5-12H2,2-3H3,(H,19,24)(H,20,23)/t14-,15-/m1/s1. The van der Waals surface area contributed by atoms with E-state index in [1.165, 1.54) is 0 Å². The lowest BCUT2D eigenvalue weighted by atomic mass is 9.95. The van der Waals surface area contributed by atoms with Crippen LogP contribution in [-0.4, -0.2) is 46.8 Å². The van der Waals surface area contributed by atoms with Crippen molar-refractivity contribution in [1.29, 1.82) is 0 Å². The van der Waals surface area contributed by atoms with Crippen molar-refractivity contribution in [2.75, 3.05) is 13.2 Å². The first-order valence-electron chi connectivity index (χ1n) is 8.81. The van der Waals surface area contributed by atoms with Crippen LogP contribution in [0.4, 0.5) is 0 Å². The summed E-state index contributed by atoms with van der Waals surface area (Å²) in [5, 5.41) is 24.7. The van der Waals surface area contributed by atoms with Crippen LogP contribution in [-0.2, 0) is 9.59 Å². The molecule has 1 rings (SSSR count). The Labute approximate surface area is 144 Å². The molecule has 0 aromatic rings. The van der Waals surface area contributed by atoms with E-state index in [2.05, 4.69) is 17.2 Å². The van der Waals surface area contributed by atoms with Crippen molar-refractivity contribution in [3.8, 4) is 0 Å². The van der Waals surface area contributed by atoms with Gasteiger partial charge in [0.2, 0.25) is 11.8 Å². The van der Waals surface area contributed by atoms with Gasteiger partial charge in [0, 0.05) is 6.42 Å². The third kappa shape index (κ3) is 5.91. The van der Waals surface area contributed by atoms with E-state index in [-0.39, 0.29) is 43.4 Å². The maximum Gasteiger partial charge on any atom is 0.224 e. The van der Waals surface area contributed by atoms with Crippen LogP contribution in [0.2, 0.25) is 0 Å². The van der Waals surface area contributed by atoms with Crippen LogP contribution in [0.1, 0.15) is 52.4 Å². The van der Waals surface area contributed by atoms with Crippen molar-refractivity contribution in [1.82, 2.24) is 10.6 Å². The molecule has 6 heteroatoms. The second kappa shape index (κ2) is 9.79. The van der Waals surface area contributed by atoms with Crippen LogP contribution in [0.15, 0.2) is 12.7 Å². The summed E-state index contributed by atoms with van der Waals surface area (Å²) in [4.78, 5) is 24.8. The molecule has 1 aliphatic rings. The van der Waals surface area contributed by atoms with Gasteiger partial charge in [-0.1, -0.05) is 32.8 Å². The van der Waals surface area contributed by atoms with Crippen LogP contribution in [0.5, 0.6) is 0 Å². The van der Waals surface area contributed by atoms with Gasteiger partial charge in [0.25, 0.3) is 0 Å². The Morgan fingerprint density at radius 3 is 2.33 bits per heavy atom. The van der Waals surface area contributed by atoms with Crippen LogP contribution in [0, 0.1) is 11.8 Å². The lowest BCUT2D eigenvalue weighted by Gasteiger charge is -2.29. The highest BCUT2D eigenvalue weighted by atomic mass is 16.3. The molecule has 1 fully saturated rings. The normalized spacial score (nSPS) is 18.9. The van der Waals surface area contributed by atoms with E-state index in [9.17, 15) is 19.8 Å². The molecule has 4 N–H and O–H groups in total. The van der Waals surface area contributed by atoms with Crippen LogP contribution in [0.25, 0.3) is 0 Å². The summed E-state index contributed by atoms with van der Waals surface area (Å²) < 4.78 is 0. The number of hydrogen-bond acceptors (Lipinski definition) is 4. The zero-order valence-electron chi connectivity index (χ0n) is 14.9. The van der Waals surface area contributed by atoms with E-state index in [0.29, 0.717) is 6.42 Å². The monoisotopic (exact) mass is 340 g/mol. The first kappa shape index (κ1) is 20.6. The summed E-state index contributed by atoms with van der Waals surface area (Å²) in [7, 11) is 0. The molecule has 2 amide bonds. The van der Waals surface area contributed by atoms with Crippen molar-refractivity contribution in [2.45, 2.75) is 64.0 Å². The van der Waals surface area contributed by atoms with Gasteiger partial charge in [-0.15, -0.1) is 6.58 Å². The summed E-state index contributed by atoms with van der Waals surface area (Å²) in [6.07, 6.45) is 5.59. The molecule has 0 bridgehead atoms. The van der Waals surface area contributed by atoms with Gasteiger partial charge in [0.1, 0.15) is 0 Å². The molecule has 0 heterocycles. The first-order valence-corrected chi connectivity index (χ1v) is 8.81. The maximum atomic E-state index is 12.4. The molecule has 2 atom stereocenters. The highest BCUT2D eigenvalue weighted by Crippen LogP contribution is 2.29. The molecule has 24 heavy (non-hydrogen) atoms. The number of rotatable bonds is 10. The Kier molecular flexibility index (Phi) is 8.42. The van der Waals surface area contributed by atoms with Gasteiger partial charge in [0.15, 0.2) is 0 Å². The number of aliphatic hydroxyl groups is 2.